The Morgan fingerprint density at radius 1 is 1.50 bits per heavy atom. The summed E-state index contributed by atoms with van der Waals surface area (Å²) in [7, 11) is 0. The average Bonchev–Trinajstić information content (AvgIpc) is 2.84. The highest BCUT2D eigenvalue weighted by molar-refractivity contribution is 5.81. The number of carbonyl (C=O) groups is 1. The lowest BCUT2D eigenvalue weighted by molar-refractivity contribution is -0.118. The van der Waals surface area contributed by atoms with Gasteiger partial charge in [0.2, 0.25) is 11.7 Å². The topological polar surface area (TPSA) is 69.1 Å². The quantitative estimate of drug-likeness (QED) is 0.793. The number of aromatic nitrogens is 2. The zero-order chi connectivity index (χ0) is 11.7. The van der Waals surface area contributed by atoms with Gasteiger partial charge in [0.15, 0.2) is 5.76 Å². The van der Waals surface area contributed by atoms with E-state index < -0.39 is 0 Å². The molecule has 0 fully saturated rings. The van der Waals surface area contributed by atoms with Crippen molar-refractivity contribution in [3.05, 3.63) is 23.8 Å². The zero-order valence-electron chi connectivity index (χ0n) is 9.35. The minimum Gasteiger partial charge on any atom is -0.461 e. The first-order valence-electron chi connectivity index (χ1n) is 4.98. The SMILES string of the molecule is CC(=O)C(C)c1nc(-c2occc2C)no1. The number of furan rings is 1. The molecule has 0 saturated heterocycles. The Kier molecular flexibility index (Phi) is 2.60. The molecule has 0 bridgehead atoms. The summed E-state index contributed by atoms with van der Waals surface area (Å²) in [6.07, 6.45) is 1.56. The van der Waals surface area contributed by atoms with E-state index in [-0.39, 0.29) is 11.7 Å². The van der Waals surface area contributed by atoms with Gasteiger partial charge in [-0.2, -0.15) is 4.98 Å². The third kappa shape index (κ3) is 1.76. The molecule has 0 N–H and O–H groups in total. The first-order chi connectivity index (χ1) is 7.59. The van der Waals surface area contributed by atoms with Crippen LogP contribution >= 0.6 is 0 Å². The summed E-state index contributed by atoms with van der Waals surface area (Å²) >= 11 is 0. The molecule has 0 saturated carbocycles. The van der Waals surface area contributed by atoms with E-state index in [0.717, 1.165) is 5.56 Å². The number of hydrogen-bond donors (Lipinski definition) is 0. The van der Waals surface area contributed by atoms with Crippen molar-refractivity contribution in [2.75, 3.05) is 0 Å². The van der Waals surface area contributed by atoms with Gasteiger partial charge in [0.25, 0.3) is 0 Å². The van der Waals surface area contributed by atoms with Crippen LogP contribution in [0.5, 0.6) is 0 Å². The molecule has 0 aliphatic carbocycles. The molecule has 5 heteroatoms. The maximum atomic E-state index is 11.2. The lowest BCUT2D eigenvalue weighted by Crippen LogP contribution is -2.04. The van der Waals surface area contributed by atoms with Crippen LogP contribution in [0.1, 0.15) is 31.2 Å². The van der Waals surface area contributed by atoms with Gasteiger partial charge in [-0.15, -0.1) is 0 Å². The van der Waals surface area contributed by atoms with Crippen LogP contribution in [0.4, 0.5) is 0 Å². The summed E-state index contributed by atoms with van der Waals surface area (Å²) in [6, 6.07) is 1.82. The maximum Gasteiger partial charge on any atom is 0.238 e. The van der Waals surface area contributed by atoms with Gasteiger partial charge in [0.05, 0.1) is 12.2 Å². The van der Waals surface area contributed by atoms with Crippen molar-refractivity contribution >= 4 is 5.78 Å². The van der Waals surface area contributed by atoms with Crippen LogP contribution in [0.3, 0.4) is 0 Å². The van der Waals surface area contributed by atoms with E-state index in [9.17, 15) is 4.79 Å². The summed E-state index contributed by atoms with van der Waals surface area (Å²) in [5.74, 6) is 0.887. The number of carbonyl (C=O) groups excluding carboxylic acids is 1. The summed E-state index contributed by atoms with van der Waals surface area (Å²) < 4.78 is 10.3. The van der Waals surface area contributed by atoms with Crippen LogP contribution in [0.25, 0.3) is 11.6 Å². The highest BCUT2D eigenvalue weighted by Crippen LogP contribution is 2.23. The first kappa shape index (κ1) is 10.6. The van der Waals surface area contributed by atoms with Gasteiger partial charge in [-0.1, -0.05) is 5.16 Å². The smallest absolute Gasteiger partial charge is 0.238 e. The Hall–Kier alpha value is -1.91. The van der Waals surface area contributed by atoms with Crippen molar-refractivity contribution in [1.82, 2.24) is 10.1 Å². The van der Waals surface area contributed by atoms with Crippen LogP contribution in [-0.2, 0) is 4.79 Å². The molecule has 2 rings (SSSR count). The minimum absolute atomic E-state index is 0.00799. The lowest BCUT2D eigenvalue weighted by Gasteiger charge is -1.97. The highest BCUT2D eigenvalue weighted by Gasteiger charge is 2.20. The Bertz CT molecular complexity index is 513. The predicted molar refractivity (Wildman–Crippen MR) is 55.8 cm³/mol. The van der Waals surface area contributed by atoms with E-state index in [1.165, 1.54) is 6.92 Å². The number of aryl methyl sites for hydroxylation is 1. The summed E-state index contributed by atoms with van der Waals surface area (Å²) in [6.45, 7) is 5.12. The van der Waals surface area contributed by atoms with Gasteiger partial charge in [0.1, 0.15) is 5.78 Å². The molecule has 5 nitrogen and oxygen atoms in total. The second-order valence-corrected chi connectivity index (χ2v) is 3.72. The molecule has 0 aliphatic rings. The second kappa shape index (κ2) is 3.92. The monoisotopic (exact) mass is 220 g/mol. The molecule has 2 aromatic heterocycles. The Labute approximate surface area is 92.5 Å². The van der Waals surface area contributed by atoms with E-state index in [1.807, 2.05) is 13.0 Å². The van der Waals surface area contributed by atoms with E-state index in [2.05, 4.69) is 10.1 Å². The fourth-order valence-electron chi connectivity index (χ4n) is 1.28. The third-order valence-corrected chi connectivity index (χ3v) is 2.49. The molecule has 0 radical (unpaired) electrons. The van der Waals surface area contributed by atoms with E-state index in [0.29, 0.717) is 17.5 Å². The Morgan fingerprint density at radius 2 is 2.25 bits per heavy atom. The Morgan fingerprint density at radius 3 is 2.81 bits per heavy atom. The summed E-state index contributed by atoms with van der Waals surface area (Å²) in [4.78, 5) is 15.3. The van der Waals surface area contributed by atoms with Crippen molar-refractivity contribution in [1.29, 1.82) is 0 Å². The van der Waals surface area contributed by atoms with Crippen LogP contribution in [-0.4, -0.2) is 15.9 Å². The van der Waals surface area contributed by atoms with Crippen molar-refractivity contribution in [3.63, 3.8) is 0 Å². The van der Waals surface area contributed by atoms with Gasteiger partial charge in [-0.3, -0.25) is 4.79 Å². The molecule has 2 aromatic rings. The van der Waals surface area contributed by atoms with Gasteiger partial charge in [-0.05, 0) is 32.4 Å². The van der Waals surface area contributed by atoms with E-state index in [1.54, 1.807) is 13.2 Å². The van der Waals surface area contributed by atoms with Crippen LogP contribution < -0.4 is 0 Å². The van der Waals surface area contributed by atoms with E-state index in [4.69, 9.17) is 8.94 Å². The fourth-order valence-corrected chi connectivity index (χ4v) is 1.28. The van der Waals surface area contributed by atoms with Gasteiger partial charge < -0.3 is 8.94 Å². The third-order valence-electron chi connectivity index (χ3n) is 2.49. The fraction of sp³-hybridized carbons (Fsp3) is 0.364. The highest BCUT2D eigenvalue weighted by atomic mass is 16.5. The summed E-state index contributed by atoms with van der Waals surface area (Å²) in [5.41, 5.74) is 0.933. The number of nitrogens with zero attached hydrogens (tertiary/aromatic N) is 2. The van der Waals surface area contributed by atoms with Gasteiger partial charge >= 0.3 is 0 Å². The largest absolute Gasteiger partial charge is 0.461 e. The van der Waals surface area contributed by atoms with Crippen molar-refractivity contribution in [2.45, 2.75) is 26.7 Å². The molecule has 0 amide bonds. The number of hydrogen-bond acceptors (Lipinski definition) is 5. The van der Waals surface area contributed by atoms with Crippen LogP contribution in [0, 0.1) is 6.92 Å². The lowest BCUT2D eigenvalue weighted by atomic mass is 10.1. The molecule has 1 atom stereocenters. The number of Topliss-reactive ketones (excluding diaryl/α,β-unsaturated/α-hetero) is 1. The molecule has 0 aromatic carbocycles. The molecule has 2 heterocycles. The first-order valence-corrected chi connectivity index (χ1v) is 4.98. The van der Waals surface area contributed by atoms with Crippen LogP contribution in [0.2, 0.25) is 0 Å². The molecular formula is C11H12N2O3. The van der Waals surface area contributed by atoms with Gasteiger partial charge in [-0.25, -0.2) is 0 Å². The van der Waals surface area contributed by atoms with Gasteiger partial charge in [0, 0.05) is 0 Å². The molecule has 84 valence electrons. The number of ketones is 1. The van der Waals surface area contributed by atoms with Crippen LogP contribution in [0.15, 0.2) is 21.3 Å². The summed E-state index contributed by atoms with van der Waals surface area (Å²) in [5, 5.41) is 3.79. The van der Waals surface area contributed by atoms with Crippen molar-refractivity contribution in [2.24, 2.45) is 0 Å². The molecule has 0 spiro atoms. The van der Waals surface area contributed by atoms with E-state index >= 15 is 0 Å². The zero-order valence-corrected chi connectivity index (χ0v) is 9.35. The molecule has 16 heavy (non-hydrogen) atoms. The standard InChI is InChI=1S/C11H12N2O3/c1-6-4-5-15-9(6)10-12-11(16-13-10)7(2)8(3)14/h4-5,7H,1-3H3. The maximum absolute atomic E-state index is 11.2. The molecule has 0 aliphatic heterocycles. The normalized spacial score (nSPS) is 12.7. The molecular weight excluding hydrogens is 208 g/mol. The predicted octanol–water partition coefficient (Wildman–Crippen LogP) is 2.33. The molecule has 1 unspecified atom stereocenters. The minimum atomic E-state index is -0.378. The Balaban J connectivity index is 2.33. The second-order valence-electron chi connectivity index (χ2n) is 3.72. The average molecular weight is 220 g/mol. The number of rotatable bonds is 3. The van der Waals surface area contributed by atoms with Crippen molar-refractivity contribution < 1.29 is 13.7 Å². The van der Waals surface area contributed by atoms with Crippen molar-refractivity contribution in [3.8, 4) is 11.6 Å².